The zero-order valence-electron chi connectivity index (χ0n) is 18.1. The number of carbonyl (C=O) groups is 1. The Hall–Kier alpha value is -2.75. The average molecular weight is 495 g/mol. The summed E-state index contributed by atoms with van der Waals surface area (Å²) < 4.78 is 3.18. The normalized spacial score (nSPS) is 13.1. The molecule has 0 bridgehead atoms. The monoisotopic (exact) mass is 494 g/mol. The molecule has 0 saturated heterocycles. The number of hydrogen-bond donors (Lipinski definition) is 0. The Morgan fingerprint density at radius 1 is 1.16 bits per heavy atom. The van der Waals surface area contributed by atoms with E-state index in [1.807, 2.05) is 56.3 Å². The largest absolute Gasteiger partial charge is 0.293 e. The third-order valence-corrected chi connectivity index (χ3v) is 6.66. The Kier molecular flexibility index (Phi) is 6.49. The number of hydrogen-bond acceptors (Lipinski definition) is 4. The van der Waals surface area contributed by atoms with Gasteiger partial charge in [-0.05, 0) is 43.2 Å². The second-order valence-electron chi connectivity index (χ2n) is 8.43. The standard InChI is InChI=1S/C25H23BrN2O2S/c1-15-10-11-20(16(2)12-15)28-23(30)21(13-17-8-6-7-9-19(17)26)31-24(28)18(14-27)22(29)25(3,4)5/h6-13H,1-5H3/b21-13-,24-18-. The molecule has 0 atom stereocenters. The van der Waals surface area contributed by atoms with Gasteiger partial charge in [0.05, 0.1) is 10.2 Å². The van der Waals surface area contributed by atoms with Crippen LogP contribution in [0, 0.1) is 30.6 Å². The second-order valence-corrected chi connectivity index (χ2v) is 10.3. The number of benzene rings is 2. The van der Waals surface area contributed by atoms with Crippen molar-refractivity contribution >= 4 is 44.7 Å². The minimum atomic E-state index is -0.745. The van der Waals surface area contributed by atoms with Crippen LogP contribution < -0.4 is 14.8 Å². The first kappa shape index (κ1) is 22.9. The van der Waals surface area contributed by atoms with E-state index in [9.17, 15) is 14.9 Å². The van der Waals surface area contributed by atoms with E-state index in [1.54, 1.807) is 26.8 Å². The fraction of sp³-hybridized carbons (Fsp3) is 0.240. The first-order chi connectivity index (χ1) is 14.5. The maximum atomic E-state index is 13.5. The SMILES string of the molecule is Cc1ccc(-n2c(=O)/c(=C/c3ccccc3Br)s/c2=C(/C#N)C(=O)C(C)(C)C)c(C)c1. The highest BCUT2D eigenvalue weighted by Crippen LogP contribution is 2.21. The van der Waals surface area contributed by atoms with Gasteiger partial charge in [0.15, 0.2) is 5.78 Å². The van der Waals surface area contributed by atoms with E-state index < -0.39 is 5.41 Å². The van der Waals surface area contributed by atoms with Crippen LogP contribution in [0.2, 0.25) is 0 Å². The van der Waals surface area contributed by atoms with Gasteiger partial charge in [0.1, 0.15) is 16.3 Å². The molecule has 0 aliphatic heterocycles. The maximum Gasteiger partial charge on any atom is 0.273 e. The predicted molar refractivity (Wildman–Crippen MR) is 130 cm³/mol. The summed E-state index contributed by atoms with van der Waals surface area (Å²) in [6.45, 7) is 9.22. The molecule has 0 spiro atoms. The van der Waals surface area contributed by atoms with Crippen molar-refractivity contribution < 1.29 is 4.79 Å². The van der Waals surface area contributed by atoms with Crippen molar-refractivity contribution in [3.8, 4) is 11.8 Å². The zero-order chi connectivity index (χ0) is 22.9. The minimum Gasteiger partial charge on any atom is -0.293 e. The summed E-state index contributed by atoms with van der Waals surface area (Å²) in [5.74, 6) is -0.290. The van der Waals surface area contributed by atoms with Gasteiger partial charge >= 0.3 is 0 Å². The number of aromatic nitrogens is 1. The first-order valence-electron chi connectivity index (χ1n) is 9.79. The molecule has 0 unspecified atom stereocenters. The van der Waals surface area contributed by atoms with Gasteiger partial charge in [0.2, 0.25) is 0 Å². The summed E-state index contributed by atoms with van der Waals surface area (Å²) in [6.07, 6.45) is 1.79. The number of ketones is 1. The molecule has 0 amide bonds. The van der Waals surface area contributed by atoms with Crippen LogP contribution in [0.25, 0.3) is 17.3 Å². The highest BCUT2D eigenvalue weighted by Gasteiger charge is 2.27. The summed E-state index contributed by atoms with van der Waals surface area (Å²) in [7, 11) is 0. The van der Waals surface area contributed by atoms with Gasteiger partial charge in [0, 0.05) is 9.89 Å². The molecular weight excluding hydrogens is 472 g/mol. The number of nitrogens with zero attached hydrogens (tertiary/aromatic N) is 2. The number of thiazole rings is 1. The molecular formula is C25H23BrN2O2S. The summed E-state index contributed by atoms with van der Waals surface area (Å²) in [5, 5.41) is 9.90. The molecule has 1 aromatic heterocycles. The Bertz CT molecular complexity index is 1400. The van der Waals surface area contributed by atoms with Crippen molar-refractivity contribution in [2.75, 3.05) is 0 Å². The van der Waals surface area contributed by atoms with Crippen molar-refractivity contribution in [2.24, 2.45) is 5.41 Å². The molecule has 31 heavy (non-hydrogen) atoms. The molecule has 0 aliphatic rings. The summed E-state index contributed by atoms with van der Waals surface area (Å²) in [5.41, 5.74) is 2.49. The summed E-state index contributed by atoms with van der Waals surface area (Å²) in [6, 6.07) is 15.4. The van der Waals surface area contributed by atoms with Crippen LogP contribution in [-0.2, 0) is 4.79 Å². The summed E-state index contributed by atoms with van der Waals surface area (Å²) >= 11 is 4.68. The van der Waals surface area contributed by atoms with Crippen molar-refractivity contribution in [3.63, 3.8) is 0 Å². The van der Waals surface area contributed by atoms with E-state index in [0.717, 1.165) is 21.2 Å². The molecule has 4 nitrogen and oxygen atoms in total. The highest BCUT2D eigenvalue weighted by atomic mass is 79.9. The molecule has 2 aromatic carbocycles. The number of nitriles is 1. The molecule has 158 valence electrons. The van der Waals surface area contributed by atoms with E-state index >= 15 is 0 Å². The molecule has 3 aromatic rings. The number of halogens is 1. The third-order valence-electron chi connectivity index (χ3n) is 4.84. The van der Waals surface area contributed by atoms with Gasteiger partial charge in [-0.25, -0.2) is 0 Å². The molecule has 0 fully saturated rings. The number of Topliss-reactive ketones (excluding diaryl/α,β-unsaturated/α-hetero) is 1. The van der Waals surface area contributed by atoms with Gasteiger partial charge in [-0.1, -0.05) is 72.6 Å². The molecule has 3 rings (SSSR count). The number of rotatable bonds is 3. The van der Waals surface area contributed by atoms with Gasteiger partial charge in [-0.15, -0.1) is 11.3 Å². The summed E-state index contributed by atoms with van der Waals surface area (Å²) in [4.78, 5) is 26.6. The Labute approximate surface area is 193 Å². The van der Waals surface area contributed by atoms with Crippen LogP contribution in [0.3, 0.4) is 0 Å². The van der Waals surface area contributed by atoms with E-state index in [2.05, 4.69) is 22.0 Å². The Morgan fingerprint density at radius 2 is 1.84 bits per heavy atom. The minimum absolute atomic E-state index is 0.00125. The number of carbonyl (C=O) groups excluding carboxylic acids is 1. The quantitative estimate of drug-likeness (QED) is 0.541. The van der Waals surface area contributed by atoms with Crippen LogP contribution in [0.5, 0.6) is 0 Å². The van der Waals surface area contributed by atoms with Crippen LogP contribution in [0.15, 0.2) is 51.7 Å². The molecule has 0 saturated carbocycles. The van der Waals surface area contributed by atoms with Crippen molar-refractivity contribution in [2.45, 2.75) is 34.6 Å². The lowest BCUT2D eigenvalue weighted by Gasteiger charge is -2.15. The van der Waals surface area contributed by atoms with Gasteiger partial charge in [-0.2, -0.15) is 5.26 Å². The molecule has 6 heteroatoms. The average Bonchev–Trinajstić information content (AvgIpc) is 3.00. The maximum absolute atomic E-state index is 13.5. The van der Waals surface area contributed by atoms with E-state index in [-0.39, 0.29) is 16.9 Å². The molecule has 0 N–H and O–H groups in total. The van der Waals surface area contributed by atoms with Gasteiger partial charge in [0.25, 0.3) is 5.56 Å². The second kappa shape index (κ2) is 8.78. The smallest absolute Gasteiger partial charge is 0.273 e. The molecule has 1 heterocycles. The van der Waals surface area contributed by atoms with Crippen molar-refractivity contribution in [1.29, 1.82) is 5.26 Å². The topological polar surface area (TPSA) is 62.9 Å². The zero-order valence-corrected chi connectivity index (χ0v) is 20.5. The molecule has 0 radical (unpaired) electrons. The van der Waals surface area contributed by atoms with Crippen LogP contribution >= 0.6 is 27.3 Å². The Morgan fingerprint density at radius 3 is 2.42 bits per heavy atom. The van der Waals surface area contributed by atoms with Gasteiger partial charge in [-0.3, -0.25) is 14.2 Å². The number of aryl methyl sites for hydroxylation is 2. The highest BCUT2D eigenvalue weighted by molar-refractivity contribution is 9.10. The predicted octanol–water partition coefficient (Wildman–Crippen LogP) is 4.40. The van der Waals surface area contributed by atoms with Crippen LogP contribution in [0.4, 0.5) is 0 Å². The third kappa shape index (κ3) is 4.63. The van der Waals surface area contributed by atoms with Crippen molar-refractivity contribution in [1.82, 2.24) is 4.57 Å². The van der Waals surface area contributed by atoms with E-state index in [0.29, 0.717) is 14.9 Å². The Balaban J connectivity index is 2.50. The lowest BCUT2D eigenvalue weighted by atomic mass is 9.87. The van der Waals surface area contributed by atoms with E-state index in [1.165, 1.54) is 15.9 Å². The van der Waals surface area contributed by atoms with Gasteiger partial charge < -0.3 is 0 Å². The van der Waals surface area contributed by atoms with E-state index in [4.69, 9.17) is 0 Å². The fourth-order valence-electron chi connectivity index (χ4n) is 3.23. The van der Waals surface area contributed by atoms with Crippen LogP contribution in [0.1, 0.15) is 37.5 Å². The lowest BCUT2D eigenvalue weighted by molar-refractivity contribution is -0.120. The molecule has 0 aliphatic carbocycles. The lowest BCUT2D eigenvalue weighted by Crippen LogP contribution is -2.33. The fourth-order valence-corrected chi connectivity index (χ4v) is 4.71. The van der Waals surface area contributed by atoms with Crippen molar-refractivity contribution in [3.05, 3.63) is 83.2 Å². The van der Waals surface area contributed by atoms with Crippen LogP contribution in [-0.4, -0.2) is 10.4 Å². The first-order valence-corrected chi connectivity index (χ1v) is 11.4.